The lowest BCUT2D eigenvalue weighted by Gasteiger charge is -2.09. The molecule has 9 heteroatoms. The van der Waals surface area contributed by atoms with Crippen molar-refractivity contribution < 1.29 is 27.1 Å². The molecule has 0 unspecified atom stereocenters. The minimum Gasteiger partial charge on any atom is -0.464 e. The monoisotopic (exact) mass is 334 g/mol. The number of halogens is 5. The Morgan fingerprint density at radius 1 is 1.32 bits per heavy atom. The lowest BCUT2D eigenvalue weighted by atomic mass is 10.1. The maximum Gasteiger partial charge on any atom is 0.433 e. The number of methoxy groups -OCH3 is 1. The van der Waals surface area contributed by atoms with E-state index < -0.39 is 23.7 Å². The van der Waals surface area contributed by atoms with Crippen molar-refractivity contribution in [3.63, 3.8) is 0 Å². The summed E-state index contributed by atoms with van der Waals surface area (Å²) in [5.74, 6) is -1.80. The highest BCUT2D eigenvalue weighted by Crippen LogP contribution is 2.30. The van der Waals surface area contributed by atoms with E-state index in [1.54, 1.807) is 0 Å². The number of esters is 1. The smallest absolute Gasteiger partial charge is 0.433 e. The van der Waals surface area contributed by atoms with Gasteiger partial charge in [-0.15, -0.1) is 0 Å². The number of ether oxygens (including phenoxy) is 1. The molecule has 0 aliphatic heterocycles. The first-order chi connectivity index (χ1) is 10.2. The van der Waals surface area contributed by atoms with Gasteiger partial charge >= 0.3 is 12.1 Å². The zero-order chi connectivity index (χ0) is 16.5. The minimum absolute atomic E-state index is 0.0349. The van der Waals surface area contributed by atoms with Crippen molar-refractivity contribution in [1.82, 2.24) is 9.97 Å². The summed E-state index contributed by atoms with van der Waals surface area (Å²) in [6.07, 6.45) is -3.80. The highest BCUT2D eigenvalue weighted by molar-refractivity contribution is 6.33. The molecular weight excluding hydrogens is 328 g/mol. The van der Waals surface area contributed by atoms with Gasteiger partial charge in [-0.05, 0) is 18.2 Å². The number of alkyl halides is 3. The summed E-state index contributed by atoms with van der Waals surface area (Å²) in [4.78, 5) is 18.4. The van der Waals surface area contributed by atoms with Crippen LogP contribution in [0.1, 0.15) is 16.2 Å². The fourth-order valence-electron chi connectivity index (χ4n) is 1.61. The molecule has 0 aliphatic rings. The molecule has 0 spiro atoms. The zero-order valence-electron chi connectivity index (χ0n) is 10.9. The van der Waals surface area contributed by atoms with E-state index in [9.17, 15) is 22.4 Å². The molecule has 0 fully saturated rings. The largest absolute Gasteiger partial charge is 0.464 e. The molecule has 2 aromatic rings. The van der Waals surface area contributed by atoms with Gasteiger partial charge in [-0.25, -0.2) is 14.2 Å². The van der Waals surface area contributed by atoms with E-state index in [0.29, 0.717) is 6.07 Å². The summed E-state index contributed by atoms with van der Waals surface area (Å²) in [7, 11) is 1.09. The summed E-state index contributed by atoms with van der Waals surface area (Å²) < 4.78 is 55.6. The summed E-state index contributed by atoms with van der Waals surface area (Å²) >= 11 is 5.68. The number of aromatic nitrogens is 2. The van der Waals surface area contributed by atoms with Crippen LogP contribution in [0.2, 0.25) is 5.02 Å². The van der Waals surface area contributed by atoms with Gasteiger partial charge in [0.2, 0.25) is 0 Å². The predicted molar refractivity (Wildman–Crippen MR) is 68.8 cm³/mol. The number of hydrogen-bond acceptors (Lipinski definition) is 4. The van der Waals surface area contributed by atoms with Gasteiger partial charge in [0, 0.05) is 11.8 Å². The number of carbonyl (C=O) groups excluding carboxylic acids is 1. The molecule has 2 heterocycles. The van der Waals surface area contributed by atoms with Gasteiger partial charge in [-0.1, -0.05) is 11.6 Å². The number of carbonyl (C=O) groups is 1. The first kappa shape index (κ1) is 16.2. The van der Waals surface area contributed by atoms with E-state index in [4.69, 9.17) is 11.6 Å². The quantitative estimate of drug-likeness (QED) is 0.620. The van der Waals surface area contributed by atoms with Crippen molar-refractivity contribution in [2.24, 2.45) is 0 Å². The van der Waals surface area contributed by atoms with Crippen LogP contribution in [0.15, 0.2) is 24.4 Å². The second kappa shape index (κ2) is 5.88. The third kappa shape index (κ3) is 3.16. The first-order valence-corrected chi connectivity index (χ1v) is 6.10. The molecule has 0 atom stereocenters. The third-order valence-corrected chi connectivity index (χ3v) is 2.92. The third-order valence-electron chi connectivity index (χ3n) is 2.64. The summed E-state index contributed by atoms with van der Waals surface area (Å²) in [5, 5.41) is -0.270. The second-order valence-corrected chi connectivity index (χ2v) is 4.48. The molecular formula is C13H7ClF4N2O2. The van der Waals surface area contributed by atoms with Crippen molar-refractivity contribution in [1.29, 1.82) is 0 Å². The lowest BCUT2D eigenvalue weighted by molar-refractivity contribution is -0.141. The van der Waals surface area contributed by atoms with Crippen LogP contribution in [0.5, 0.6) is 0 Å². The van der Waals surface area contributed by atoms with Crippen LogP contribution in [0.25, 0.3) is 11.3 Å². The van der Waals surface area contributed by atoms with Gasteiger partial charge in [-0.3, -0.25) is 4.98 Å². The van der Waals surface area contributed by atoms with Gasteiger partial charge in [-0.2, -0.15) is 13.2 Å². The molecule has 22 heavy (non-hydrogen) atoms. The summed E-state index contributed by atoms with van der Waals surface area (Å²) in [5.41, 5.74) is -1.86. The topological polar surface area (TPSA) is 52.1 Å². The molecule has 0 saturated heterocycles. The van der Waals surface area contributed by atoms with E-state index in [-0.39, 0.29) is 22.0 Å². The molecule has 116 valence electrons. The average molecular weight is 335 g/mol. The first-order valence-electron chi connectivity index (χ1n) is 5.72. The molecule has 2 aromatic heterocycles. The normalized spacial score (nSPS) is 11.4. The average Bonchev–Trinajstić information content (AvgIpc) is 2.46. The van der Waals surface area contributed by atoms with Crippen molar-refractivity contribution >= 4 is 17.6 Å². The minimum atomic E-state index is -4.61. The van der Waals surface area contributed by atoms with E-state index in [0.717, 1.165) is 25.4 Å². The Morgan fingerprint density at radius 3 is 2.50 bits per heavy atom. The highest BCUT2D eigenvalue weighted by atomic mass is 35.5. The molecule has 2 rings (SSSR count). The number of rotatable bonds is 2. The van der Waals surface area contributed by atoms with Crippen molar-refractivity contribution in [3.05, 3.63) is 46.6 Å². The molecule has 0 aromatic carbocycles. The van der Waals surface area contributed by atoms with E-state index in [1.807, 2.05) is 0 Å². The Bertz CT molecular complexity index is 717. The van der Waals surface area contributed by atoms with Gasteiger partial charge in [0.25, 0.3) is 0 Å². The van der Waals surface area contributed by atoms with Gasteiger partial charge in [0.05, 0.1) is 12.1 Å². The number of nitrogens with zero attached hydrogens (tertiary/aromatic N) is 2. The van der Waals surface area contributed by atoms with Gasteiger partial charge in [0.1, 0.15) is 11.4 Å². The second-order valence-electron chi connectivity index (χ2n) is 4.07. The zero-order valence-corrected chi connectivity index (χ0v) is 11.7. The maximum absolute atomic E-state index is 13.9. The SMILES string of the molecule is COC(=O)c1nc(-c2ccc(C(F)(F)F)nc2)c(F)cc1Cl. The molecule has 0 aliphatic carbocycles. The Hall–Kier alpha value is -2.22. The van der Waals surface area contributed by atoms with Gasteiger partial charge in [0.15, 0.2) is 11.5 Å². The summed E-state index contributed by atoms with van der Waals surface area (Å²) in [6, 6.07) is 2.51. The van der Waals surface area contributed by atoms with Crippen LogP contribution < -0.4 is 0 Å². The van der Waals surface area contributed by atoms with Crippen molar-refractivity contribution in [2.45, 2.75) is 6.18 Å². The van der Waals surface area contributed by atoms with Crippen molar-refractivity contribution in [3.8, 4) is 11.3 Å². The summed E-state index contributed by atoms with van der Waals surface area (Å²) in [6.45, 7) is 0. The van der Waals surface area contributed by atoms with Crippen molar-refractivity contribution in [2.75, 3.05) is 7.11 Å². The maximum atomic E-state index is 13.9. The lowest BCUT2D eigenvalue weighted by Crippen LogP contribution is -2.09. The molecule has 0 amide bonds. The fourth-order valence-corrected chi connectivity index (χ4v) is 1.83. The van der Waals surface area contributed by atoms with Gasteiger partial charge < -0.3 is 4.74 Å². The van der Waals surface area contributed by atoms with Crippen LogP contribution in [0.4, 0.5) is 17.6 Å². The predicted octanol–water partition coefficient (Wildman–Crippen LogP) is 3.74. The number of hydrogen-bond donors (Lipinski definition) is 0. The molecule has 0 saturated carbocycles. The molecule has 0 bridgehead atoms. The van der Waals surface area contributed by atoms with Crippen LogP contribution in [0, 0.1) is 5.82 Å². The highest BCUT2D eigenvalue weighted by Gasteiger charge is 2.32. The Balaban J connectivity index is 2.50. The molecule has 0 N–H and O–H groups in total. The molecule has 0 radical (unpaired) electrons. The van der Waals surface area contributed by atoms with E-state index >= 15 is 0 Å². The van der Waals surface area contributed by atoms with Crippen LogP contribution in [-0.4, -0.2) is 23.0 Å². The Kier molecular flexibility index (Phi) is 4.32. The van der Waals surface area contributed by atoms with E-state index in [1.165, 1.54) is 0 Å². The Labute approximate surface area is 126 Å². The Morgan fingerprint density at radius 2 is 2.00 bits per heavy atom. The van der Waals surface area contributed by atoms with Crippen LogP contribution in [-0.2, 0) is 10.9 Å². The van der Waals surface area contributed by atoms with E-state index in [2.05, 4.69) is 14.7 Å². The number of pyridine rings is 2. The fraction of sp³-hybridized carbons (Fsp3) is 0.154. The van der Waals surface area contributed by atoms with Crippen LogP contribution in [0.3, 0.4) is 0 Å². The van der Waals surface area contributed by atoms with Crippen LogP contribution >= 0.6 is 11.6 Å². The molecule has 4 nitrogen and oxygen atoms in total. The standard InChI is InChI=1S/C13H7ClF4N2O2/c1-22-12(21)11-7(14)4-8(15)10(20-11)6-2-3-9(19-5-6)13(16,17)18/h2-5H,1H3.